The Hall–Kier alpha value is -0.680. The van der Waals surface area contributed by atoms with Crippen LogP contribution in [-0.2, 0) is 0 Å². The van der Waals surface area contributed by atoms with Crippen LogP contribution in [0.4, 0.5) is 11.5 Å². The van der Waals surface area contributed by atoms with Gasteiger partial charge in [0.25, 0.3) is 0 Å². The zero-order valence-corrected chi connectivity index (χ0v) is 10.5. The molecule has 15 heavy (non-hydrogen) atoms. The molecule has 1 rings (SSSR count). The highest BCUT2D eigenvalue weighted by Crippen LogP contribution is 2.25. The Labute approximate surface area is 99.2 Å². The second-order valence-corrected chi connectivity index (χ2v) is 4.25. The first kappa shape index (κ1) is 12.4. The van der Waals surface area contributed by atoms with Crippen molar-refractivity contribution in [2.24, 2.45) is 0 Å². The van der Waals surface area contributed by atoms with Crippen molar-refractivity contribution < 1.29 is 0 Å². The third kappa shape index (κ3) is 3.76. The molecule has 0 bridgehead atoms. The largest absolute Gasteiger partial charge is 0.383 e. The number of aromatic nitrogens is 2. The molecular weight excluding hydrogens is 232 g/mol. The maximum absolute atomic E-state index is 5.91. The zero-order chi connectivity index (χ0) is 11.1. The minimum atomic E-state index is 0.444. The first-order chi connectivity index (χ1) is 7.29. The summed E-state index contributed by atoms with van der Waals surface area (Å²) >= 11 is 7.75. The molecule has 1 aromatic heterocycles. The van der Waals surface area contributed by atoms with Crippen molar-refractivity contribution in [3.63, 3.8) is 0 Å². The maximum Gasteiger partial charge on any atom is 0.157 e. The molecule has 0 aliphatic carbocycles. The predicted octanol–water partition coefficient (Wildman–Crippen LogP) is 2.34. The zero-order valence-electron chi connectivity index (χ0n) is 8.88. The molecule has 1 aromatic rings. The van der Waals surface area contributed by atoms with Gasteiger partial charge in [-0.15, -0.1) is 0 Å². The standard InChI is InChI=1S/C9H15ClN4S/c1-11-7-8(10)13-6-14-9(7)12-4-3-5-15-2/h6,11H,3-5H2,1-2H3,(H,12,13,14). The van der Waals surface area contributed by atoms with Crippen molar-refractivity contribution in [1.29, 1.82) is 0 Å². The highest BCUT2D eigenvalue weighted by Gasteiger charge is 2.06. The summed E-state index contributed by atoms with van der Waals surface area (Å²) in [5.74, 6) is 1.90. The number of nitrogens with zero attached hydrogens (tertiary/aromatic N) is 2. The van der Waals surface area contributed by atoms with Crippen molar-refractivity contribution in [2.75, 3.05) is 36.2 Å². The second kappa shape index (κ2) is 6.74. The summed E-state index contributed by atoms with van der Waals surface area (Å²) in [7, 11) is 1.80. The van der Waals surface area contributed by atoms with Crippen molar-refractivity contribution in [3.05, 3.63) is 11.5 Å². The molecule has 0 unspecified atom stereocenters. The molecule has 0 fully saturated rings. The van der Waals surface area contributed by atoms with Crippen LogP contribution in [0.15, 0.2) is 6.33 Å². The van der Waals surface area contributed by atoms with Gasteiger partial charge in [-0.1, -0.05) is 11.6 Å². The summed E-state index contributed by atoms with van der Waals surface area (Å²) in [4.78, 5) is 8.03. The van der Waals surface area contributed by atoms with Crippen molar-refractivity contribution >= 4 is 34.9 Å². The molecule has 0 aromatic carbocycles. The Morgan fingerprint density at radius 2 is 2.27 bits per heavy atom. The summed E-state index contributed by atoms with van der Waals surface area (Å²) in [6.07, 6.45) is 4.66. The molecule has 0 saturated carbocycles. The van der Waals surface area contributed by atoms with Crippen LogP contribution in [0.3, 0.4) is 0 Å². The van der Waals surface area contributed by atoms with Gasteiger partial charge in [-0.25, -0.2) is 9.97 Å². The van der Waals surface area contributed by atoms with E-state index in [9.17, 15) is 0 Å². The molecular formula is C9H15ClN4S. The molecule has 0 saturated heterocycles. The average molecular weight is 247 g/mol. The number of nitrogens with one attached hydrogen (secondary N) is 2. The van der Waals surface area contributed by atoms with E-state index in [1.54, 1.807) is 7.05 Å². The van der Waals surface area contributed by atoms with E-state index in [-0.39, 0.29) is 0 Å². The Bertz CT molecular complexity index is 308. The number of hydrogen-bond donors (Lipinski definition) is 2. The fraction of sp³-hybridized carbons (Fsp3) is 0.556. The fourth-order valence-electron chi connectivity index (χ4n) is 1.14. The van der Waals surface area contributed by atoms with E-state index in [1.165, 1.54) is 6.33 Å². The quantitative estimate of drug-likeness (QED) is 0.596. The van der Waals surface area contributed by atoms with E-state index in [0.717, 1.165) is 30.2 Å². The molecule has 0 aliphatic heterocycles. The van der Waals surface area contributed by atoms with Crippen LogP contribution in [0.2, 0.25) is 5.15 Å². The molecule has 0 radical (unpaired) electrons. The number of anilines is 2. The van der Waals surface area contributed by atoms with Gasteiger partial charge in [-0.2, -0.15) is 11.8 Å². The van der Waals surface area contributed by atoms with E-state index < -0.39 is 0 Å². The van der Waals surface area contributed by atoms with Gasteiger partial charge in [0.2, 0.25) is 0 Å². The molecule has 2 N–H and O–H groups in total. The average Bonchev–Trinajstić information content (AvgIpc) is 2.24. The summed E-state index contributed by atoms with van der Waals surface area (Å²) in [6, 6.07) is 0. The first-order valence-corrected chi connectivity index (χ1v) is 6.47. The molecule has 84 valence electrons. The van der Waals surface area contributed by atoms with Crippen LogP contribution < -0.4 is 10.6 Å². The summed E-state index contributed by atoms with van der Waals surface area (Å²) < 4.78 is 0. The third-order valence-electron chi connectivity index (χ3n) is 1.87. The lowest BCUT2D eigenvalue weighted by Gasteiger charge is -2.10. The lowest BCUT2D eigenvalue weighted by molar-refractivity contribution is 0.977. The minimum Gasteiger partial charge on any atom is -0.383 e. The van der Waals surface area contributed by atoms with E-state index >= 15 is 0 Å². The van der Waals surface area contributed by atoms with E-state index in [1.807, 2.05) is 11.8 Å². The molecule has 0 aliphatic rings. The summed E-state index contributed by atoms with van der Waals surface area (Å²) in [5.41, 5.74) is 0.753. The highest BCUT2D eigenvalue weighted by molar-refractivity contribution is 7.98. The molecule has 4 nitrogen and oxygen atoms in total. The molecule has 6 heteroatoms. The van der Waals surface area contributed by atoms with E-state index in [4.69, 9.17) is 11.6 Å². The number of rotatable bonds is 6. The first-order valence-electron chi connectivity index (χ1n) is 4.70. The highest BCUT2D eigenvalue weighted by atomic mass is 35.5. The van der Waals surface area contributed by atoms with E-state index in [2.05, 4.69) is 26.9 Å². The van der Waals surface area contributed by atoms with Crippen LogP contribution >= 0.6 is 23.4 Å². The van der Waals surface area contributed by atoms with Crippen molar-refractivity contribution in [1.82, 2.24) is 9.97 Å². The Kier molecular flexibility index (Phi) is 5.57. The van der Waals surface area contributed by atoms with E-state index in [0.29, 0.717) is 5.15 Å². The molecule has 0 spiro atoms. The monoisotopic (exact) mass is 246 g/mol. The SMILES string of the molecule is CNc1c(Cl)ncnc1NCCCSC. The third-order valence-corrected chi connectivity index (χ3v) is 2.85. The maximum atomic E-state index is 5.91. The molecule has 0 amide bonds. The van der Waals surface area contributed by atoms with Crippen LogP contribution in [0.5, 0.6) is 0 Å². The van der Waals surface area contributed by atoms with Crippen LogP contribution in [0.25, 0.3) is 0 Å². The van der Waals surface area contributed by atoms with Gasteiger partial charge in [0, 0.05) is 13.6 Å². The van der Waals surface area contributed by atoms with Gasteiger partial charge in [0.05, 0.1) is 0 Å². The Morgan fingerprint density at radius 1 is 1.47 bits per heavy atom. The molecule has 0 atom stereocenters. The van der Waals surface area contributed by atoms with Gasteiger partial charge in [-0.3, -0.25) is 0 Å². The number of hydrogen-bond acceptors (Lipinski definition) is 5. The van der Waals surface area contributed by atoms with Gasteiger partial charge >= 0.3 is 0 Å². The molecule has 1 heterocycles. The van der Waals surface area contributed by atoms with Crippen LogP contribution in [0, 0.1) is 0 Å². The Balaban J connectivity index is 2.56. The number of thioether (sulfide) groups is 1. The summed E-state index contributed by atoms with van der Waals surface area (Å²) in [5, 5.41) is 6.65. The second-order valence-electron chi connectivity index (χ2n) is 2.91. The summed E-state index contributed by atoms with van der Waals surface area (Å²) in [6.45, 7) is 0.892. The van der Waals surface area contributed by atoms with Gasteiger partial charge < -0.3 is 10.6 Å². The lowest BCUT2D eigenvalue weighted by Crippen LogP contribution is -2.07. The topological polar surface area (TPSA) is 49.8 Å². The normalized spacial score (nSPS) is 10.1. The Morgan fingerprint density at radius 3 is 2.93 bits per heavy atom. The predicted molar refractivity (Wildman–Crippen MR) is 68.1 cm³/mol. The van der Waals surface area contributed by atoms with Gasteiger partial charge in [0.1, 0.15) is 12.0 Å². The van der Waals surface area contributed by atoms with Crippen LogP contribution in [0.1, 0.15) is 6.42 Å². The van der Waals surface area contributed by atoms with Crippen molar-refractivity contribution in [3.8, 4) is 0 Å². The van der Waals surface area contributed by atoms with Crippen LogP contribution in [-0.4, -0.2) is 35.6 Å². The van der Waals surface area contributed by atoms with Gasteiger partial charge in [-0.05, 0) is 18.4 Å². The fourth-order valence-corrected chi connectivity index (χ4v) is 1.80. The van der Waals surface area contributed by atoms with Crippen molar-refractivity contribution in [2.45, 2.75) is 6.42 Å². The lowest BCUT2D eigenvalue weighted by atomic mass is 10.4. The minimum absolute atomic E-state index is 0.444. The number of halogens is 1. The van der Waals surface area contributed by atoms with Gasteiger partial charge in [0.15, 0.2) is 11.0 Å². The smallest absolute Gasteiger partial charge is 0.157 e.